The molecule has 6 nitrogen and oxygen atoms in total. The smallest absolute Gasteiger partial charge is 0.191 e. The average molecular weight is 200 g/mol. The monoisotopic (exact) mass is 200 g/mol. The zero-order chi connectivity index (χ0) is 11.5. The molecular formula is C9H8N6. The normalized spacial score (nSPS) is 25.5. The number of nitriles is 4. The molecule has 0 amide bonds. The Balaban J connectivity index is 3.40. The molecule has 0 saturated heterocycles. The van der Waals surface area contributed by atoms with E-state index in [0.717, 1.165) is 0 Å². The van der Waals surface area contributed by atoms with E-state index >= 15 is 0 Å². The van der Waals surface area contributed by atoms with Crippen LogP contribution in [0.3, 0.4) is 0 Å². The van der Waals surface area contributed by atoms with Crippen molar-refractivity contribution < 1.29 is 0 Å². The van der Waals surface area contributed by atoms with Gasteiger partial charge in [0.2, 0.25) is 0 Å². The molecular weight excluding hydrogens is 192 g/mol. The first-order chi connectivity index (χ1) is 7.16. The van der Waals surface area contributed by atoms with Gasteiger partial charge in [-0.1, -0.05) is 0 Å². The second-order valence-corrected chi connectivity index (χ2v) is 3.42. The van der Waals surface area contributed by atoms with Crippen molar-refractivity contribution in [3.05, 3.63) is 0 Å². The molecule has 1 atom stereocenters. The summed E-state index contributed by atoms with van der Waals surface area (Å²) < 4.78 is 0. The Morgan fingerprint density at radius 3 is 1.93 bits per heavy atom. The lowest BCUT2D eigenvalue weighted by Gasteiger charge is -2.27. The first-order valence-electron chi connectivity index (χ1n) is 4.27. The van der Waals surface area contributed by atoms with Crippen LogP contribution in [0.2, 0.25) is 0 Å². The molecule has 1 aliphatic rings. The van der Waals surface area contributed by atoms with Crippen molar-refractivity contribution in [2.75, 3.05) is 0 Å². The molecule has 0 heterocycles. The van der Waals surface area contributed by atoms with Gasteiger partial charge in [0.25, 0.3) is 0 Å². The van der Waals surface area contributed by atoms with E-state index in [1.54, 1.807) is 24.3 Å². The summed E-state index contributed by atoms with van der Waals surface area (Å²) in [4.78, 5) is 0. The summed E-state index contributed by atoms with van der Waals surface area (Å²) in [6, 6.07) is 6.46. The van der Waals surface area contributed by atoms with Gasteiger partial charge < -0.3 is 0 Å². The largest absolute Gasteiger partial charge is 0.271 e. The lowest BCUT2D eigenvalue weighted by Crippen LogP contribution is -2.49. The maximum atomic E-state index is 9.05. The highest BCUT2D eigenvalue weighted by molar-refractivity contribution is 5.39. The number of nitrogens with one attached hydrogen (secondary N) is 1. The van der Waals surface area contributed by atoms with Gasteiger partial charge in [-0.3, -0.25) is 11.3 Å². The minimum absolute atomic E-state index is 0.177. The average Bonchev–Trinajstić information content (AvgIpc) is 2.63. The van der Waals surface area contributed by atoms with Crippen molar-refractivity contribution in [1.82, 2.24) is 5.43 Å². The number of hydrogen-bond acceptors (Lipinski definition) is 6. The van der Waals surface area contributed by atoms with Gasteiger partial charge in [0.1, 0.15) is 0 Å². The standard InChI is InChI=1S/C9H8N6/c10-3-8(4-11)2-1-7(15-14)9(8,5-12)6-13/h7,15H,1-2,14H2. The first-order valence-corrected chi connectivity index (χ1v) is 4.27. The van der Waals surface area contributed by atoms with E-state index in [9.17, 15) is 0 Å². The third-order valence-corrected chi connectivity index (χ3v) is 2.94. The maximum Gasteiger partial charge on any atom is 0.191 e. The SMILES string of the molecule is N#CC1(C#N)CCC(NN)C1(C#N)C#N. The van der Waals surface area contributed by atoms with Gasteiger partial charge >= 0.3 is 0 Å². The van der Waals surface area contributed by atoms with Crippen molar-refractivity contribution >= 4 is 0 Å². The molecule has 0 bridgehead atoms. The van der Waals surface area contributed by atoms with Crippen LogP contribution < -0.4 is 11.3 Å². The van der Waals surface area contributed by atoms with Crippen LogP contribution in [0, 0.1) is 56.2 Å². The molecule has 0 spiro atoms. The summed E-state index contributed by atoms with van der Waals surface area (Å²) in [5.41, 5.74) is -0.946. The molecule has 1 saturated carbocycles. The maximum absolute atomic E-state index is 9.05. The predicted molar refractivity (Wildman–Crippen MR) is 47.7 cm³/mol. The Labute approximate surface area is 87.1 Å². The quantitative estimate of drug-likeness (QED) is 0.440. The van der Waals surface area contributed by atoms with Crippen LogP contribution in [0.5, 0.6) is 0 Å². The minimum Gasteiger partial charge on any atom is -0.271 e. The second kappa shape index (κ2) is 3.56. The van der Waals surface area contributed by atoms with E-state index in [4.69, 9.17) is 26.9 Å². The Kier molecular flexibility index (Phi) is 2.60. The Bertz CT molecular complexity index is 397. The molecule has 0 radical (unpaired) electrons. The number of hydrogen-bond donors (Lipinski definition) is 2. The Morgan fingerprint density at radius 2 is 1.60 bits per heavy atom. The summed E-state index contributed by atoms with van der Waals surface area (Å²) in [6.45, 7) is 0. The molecule has 6 heteroatoms. The highest BCUT2D eigenvalue weighted by Crippen LogP contribution is 2.51. The lowest BCUT2D eigenvalue weighted by atomic mass is 9.67. The number of rotatable bonds is 1. The van der Waals surface area contributed by atoms with Crippen LogP contribution >= 0.6 is 0 Å². The van der Waals surface area contributed by atoms with Gasteiger partial charge in [0, 0.05) is 0 Å². The Morgan fingerprint density at radius 1 is 1.07 bits per heavy atom. The summed E-state index contributed by atoms with van der Waals surface area (Å²) in [6.07, 6.45) is 0.536. The van der Waals surface area contributed by atoms with Crippen molar-refractivity contribution in [3.63, 3.8) is 0 Å². The molecule has 1 unspecified atom stereocenters. The third kappa shape index (κ3) is 1.07. The van der Waals surface area contributed by atoms with Gasteiger partial charge in [-0.2, -0.15) is 21.0 Å². The van der Waals surface area contributed by atoms with Crippen LogP contribution in [0.4, 0.5) is 0 Å². The topological polar surface area (TPSA) is 133 Å². The number of nitrogens with zero attached hydrogens (tertiary/aromatic N) is 4. The van der Waals surface area contributed by atoms with Crippen molar-refractivity contribution in [3.8, 4) is 24.3 Å². The molecule has 3 N–H and O–H groups in total. The fraction of sp³-hybridized carbons (Fsp3) is 0.556. The number of hydrazine groups is 1. The van der Waals surface area contributed by atoms with Crippen LogP contribution in [-0.4, -0.2) is 6.04 Å². The lowest BCUT2D eigenvalue weighted by molar-refractivity contribution is 0.299. The molecule has 0 aromatic heterocycles. The van der Waals surface area contributed by atoms with Crippen molar-refractivity contribution in [2.45, 2.75) is 18.9 Å². The van der Waals surface area contributed by atoms with Gasteiger partial charge in [0.05, 0.1) is 30.3 Å². The van der Waals surface area contributed by atoms with Crippen molar-refractivity contribution in [1.29, 1.82) is 21.0 Å². The van der Waals surface area contributed by atoms with E-state index in [2.05, 4.69) is 5.43 Å². The fourth-order valence-electron chi connectivity index (χ4n) is 1.97. The zero-order valence-electron chi connectivity index (χ0n) is 7.86. The van der Waals surface area contributed by atoms with Gasteiger partial charge in [-0.25, -0.2) is 0 Å². The molecule has 0 aromatic rings. The summed E-state index contributed by atoms with van der Waals surface area (Å²) in [7, 11) is 0. The first kappa shape index (κ1) is 11.0. The minimum atomic E-state index is -1.69. The molecule has 1 aliphatic carbocycles. The van der Waals surface area contributed by atoms with Crippen LogP contribution in [0.1, 0.15) is 12.8 Å². The number of nitrogens with two attached hydrogens (primary N) is 1. The molecule has 15 heavy (non-hydrogen) atoms. The van der Waals surface area contributed by atoms with E-state index in [1.807, 2.05) is 0 Å². The van der Waals surface area contributed by atoms with Crippen LogP contribution in [0.15, 0.2) is 0 Å². The second-order valence-electron chi connectivity index (χ2n) is 3.42. The highest BCUT2D eigenvalue weighted by Gasteiger charge is 2.63. The predicted octanol–water partition coefficient (Wildman–Crippen LogP) is -0.321. The van der Waals surface area contributed by atoms with Gasteiger partial charge in [-0.15, -0.1) is 0 Å². The van der Waals surface area contributed by atoms with E-state index < -0.39 is 16.9 Å². The van der Waals surface area contributed by atoms with Gasteiger partial charge in [-0.05, 0) is 12.8 Å². The molecule has 74 valence electrons. The zero-order valence-corrected chi connectivity index (χ0v) is 7.86. The summed E-state index contributed by atoms with van der Waals surface area (Å²) in [5, 5.41) is 36.1. The third-order valence-electron chi connectivity index (χ3n) is 2.94. The van der Waals surface area contributed by atoms with Crippen LogP contribution in [-0.2, 0) is 0 Å². The molecule has 0 aliphatic heterocycles. The fourth-order valence-corrected chi connectivity index (χ4v) is 1.97. The van der Waals surface area contributed by atoms with E-state index in [1.165, 1.54) is 0 Å². The van der Waals surface area contributed by atoms with E-state index in [-0.39, 0.29) is 6.42 Å². The molecule has 1 rings (SSSR count). The van der Waals surface area contributed by atoms with Crippen LogP contribution in [0.25, 0.3) is 0 Å². The van der Waals surface area contributed by atoms with Crippen molar-refractivity contribution in [2.24, 2.45) is 16.7 Å². The Hall–Kier alpha value is -2.12. The summed E-state index contributed by atoms with van der Waals surface area (Å²) in [5.74, 6) is 5.22. The molecule has 0 aromatic carbocycles. The van der Waals surface area contributed by atoms with Gasteiger partial charge in [0.15, 0.2) is 10.8 Å². The highest BCUT2D eigenvalue weighted by atomic mass is 15.2. The molecule has 1 fully saturated rings. The summed E-state index contributed by atoms with van der Waals surface area (Å²) >= 11 is 0. The van der Waals surface area contributed by atoms with E-state index in [0.29, 0.717) is 6.42 Å².